The van der Waals surface area contributed by atoms with Crippen LogP contribution in [0.1, 0.15) is 43.0 Å². The van der Waals surface area contributed by atoms with Gasteiger partial charge < -0.3 is 10.1 Å². The second-order valence-electron chi connectivity index (χ2n) is 6.94. The molecule has 0 spiro atoms. The van der Waals surface area contributed by atoms with Crippen molar-refractivity contribution >= 4 is 27.3 Å². The molecule has 1 N–H and O–H groups in total. The number of hydrogen-bond donors (Lipinski definition) is 1. The van der Waals surface area contributed by atoms with E-state index in [4.69, 9.17) is 16.3 Å². The van der Waals surface area contributed by atoms with Gasteiger partial charge in [-0.3, -0.25) is 4.79 Å². The molecule has 0 saturated carbocycles. The summed E-state index contributed by atoms with van der Waals surface area (Å²) in [6, 6.07) is 9.93. The number of rotatable bonds is 7. The first-order chi connectivity index (χ1) is 13.0. The molecule has 0 aromatic heterocycles. The maximum absolute atomic E-state index is 12.6. The summed E-state index contributed by atoms with van der Waals surface area (Å²) in [5.41, 5.74) is 2.62. The van der Waals surface area contributed by atoms with Crippen LogP contribution in [0.5, 0.6) is 5.75 Å². The predicted octanol–water partition coefficient (Wildman–Crippen LogP) is 4.40. The number of sulfone groups is 1. The molecule has 2 aromatic rings. The Kier molecular flexibility index (Phi) is 7.12. The predicted molar refractivity (Wildman–Crippen MR) is 112 cm³/mol. The van der Waals surface area contributed by atoms with Crippen molar-refractivity contribution in [3.8, 4) is 5.75 Å². The second-order valence-corrected chi connectivity index (χ2v) is 9.34. The Labute approximate surface area is 172 Å². The topological polar surface area (TPSA) is 72.5 Å². The number of benzene rings is 2. The summed E-state index contributed by atoms with van der Waals surface area (Å²) in [6.07, 6.45) is 1.14. The van der Waals surface area contributed by atoms with Crippen molar-refractivity contribution in [3.05, 3.63) is 58.1 Å². The van der Waals surface area contributed by atoms with Gasteiger partial charge in [0.15, 0.2) is 15.9 Å². The van der Waals surface area contributed by atoms with Crippen molar-refractivity contribution in [1.82, 2.24) is 5.32 Å². The van der Waals surface area contributed by atoms with Crippen LogP contribution in [0.25, 0.3) is 0 Å². The van der Waals surface area contributed by atoms with E-state index < -0.39 is 15.9 Å². The van der Waals surface area contributed by atoms with Gasteiger partial charge in [-0.2, -0.15) is 0 Å². The van der Waals surface area contributed by atoms with Gasteiger partial charge in [-0.25, -0.2) is 8.42 Å². The summed E-state index contributed by atoms with van der Waals surface area (Å²) in [7, 11) is -3.25. The minimum atomic E-state index is -3.25. The number of carbonyl (C=O) groups is 1. The van der Waals surface area contributed by atoms with Crippen LogP contribution in [0.15, 0.2) is 41.3 Å². The number of amides is 1. The van der Waals surface area contributed by atoms with Crippen LogP contribution >= 0.6 is 11.6 Å². The summed E-state index contributed by atoms with van der Waals surface area (Å²) in [4.78, 5) is 12.8. The van der Waals surface area contributed by atoms with Crippen LogP contribution in [0.2, 0.25) is 5.02 Å². The van der Waals surface area contributed by atoms with Gasteiger partial charge in [-0.05, 0) is 68.1 Å². The third-order valence-corrected chi connectivity index (χ3v) is 6.25. The summed E-state index contributed by atoms with van der Waals surface area (Å²) in [6.45, 7) is 7.42. The van der Waals surface area contributed by atoms with Crippen molar-refractivity contribution in [2.45, 2.75) is 51.2 Å². The maximum atomic E-state index is 12.6. The average Bonchev–Trinajstić information content (AvgIpc) is 2.63. The fraction of sp³-hybridized carbons (Fsp3) is 0.381. The first-order valence-electron chi connectivity index (χ1n) is 9.06. The number of hydrogen-bond acceptors (Lipinski definition) is 4. The molecule has 0 radical (unpaired) electrons. The smallest absolute Gasteiger partial charge is 0.261 e. The Bertz CT molecular complexity index is 932. The summed E-state index contributed by atoms with van der Waals surface area (Å²) in [5.74, 6) is 0.344. The molecule has 0 bridgehead atoms. The standard InChI is InChI=1S/C21H26ClNO4S/c1-6-19(16-7-9-18(10-8-16)28(5,25)26)23-21(24)15(4)27-17-11-13(2)20(22)14(3)12-17/h7-12,15,19H,6H2,1-5H3,(H,23,24)/t15-,19-/m1/s1. The van der Waals surface area contributed by atoms with E-state index in [0.29, 0.717) is 17.2 Å². The van der Waals surface area contributed by atoms with E-state index >= 15 is 0 Å². The van der Waals surface area contributed by atoms with E-state index in [9.17, 15) is 13.2 Å². The van der Waals surface area contributed by atoms with Gasteiger partial charge in [0.05, 0.1) is 10.9 Å². The number of aryl methyl sites for hydroxylation is 2. The van der Waals surface area contributed by atoms with Crippen LogP contribution in [0.4, 0.5) is 0 Å². The molecule has 0 aliphatic carbocycles. The number of ether oxygens (including phenoxy) is 1. The molecule has 1 amide bonds. The monoisotopic (exact) mass is 423 g/mol. The molecule has 0 fully saturated rings. The zero-order chi connectivity index (χ0) is 21.1. The Balaban J connectivity index is 2.09. The normalized spacial score (nSPS) is 13.6. The van der Waals surface area contributed by atoms with Gasteiger partial charge >= 0.3 is 0 Å². The van der Waals surface area contributed by atoms with Crippen LogP contribution in [0, 0.1) is 13.8 Å². The lowest BCUT2D eigenvalue weighted by atomic mass is 10.0. The Morgan fingerprint density at radius 1 is 1.14 bits per heavy atom. The van der Waals surface area contributed by atoms with Gasteiger partial charge in [0, 0.05) is 11.3 Å². The van der Waals surface area contributed by atoms with Crippen LogP contribution in [0.3, 0.4) is 0 Å². The fourth-order valence-electron chi connectivity index (χ4n) is 2.89. The first-order valence-corrected chi connectivity index (χ1v) is 11.3. The molecule has 0 aliphatic heterocycles. The fourth-order valence-corrected chi connectivity index (χ4v) is 3.63. The molecular formula is C21H26ClNO4S. The molecule has 0 unspecified atom stereocenters. The number of nitrogens with one attached hydrogen (secondary N) is 1. The SMILES string of the molecule is CC[C@@H](NC(=O)[C@@H](C)Oc1cc(C)c(Cl)c(C)c1)c1ccc(S(C)(=O)=O)cc1. The number of halogens is 1. The molecule has 2 aromatic carbocycles. The number of carbonyl (C=O) groups excluding carboxylic acids is 1. The molecule has 152 valence electrons. The lowest BCUT2D eigenvalue weighted by Crippen LogP contribution is -2.38. The molecule has 28 heavy (non-hydrogen) atoms. The van der Waals surface area contributed by atoms with Crippen molar-refractivity contribution < 1.29 is 17.9 Å². The highest BCUT2D eigenvalue weighted by molar-refractivity contribution is 7.90. The third-order valence-electron chi connectivity index (χ3n) is 4.53. The van der Waals surface area contributed by atoms with Gasteiger partial charge in [0.1, 0.15) is 5.75 Å². The van der Waals surface area contributed by atoms with E-state index in [-0.39, 0.29) is 16.8 Å². The van der Waals surface area contributed by atoms with Crippen LogP contribution < -0.4 is 10.1 Å². The summed E-state index contributed by atoms with van der Waals surface area (Å²) < 4.78 is 29.0. The Morgan fingerprint density at radius 3 is 2.14 bits per heavy atom. The minimum Gasteiger partial charge on any atom is -0.481 e. The Morgan fingerprint density at radius 2 is 1.68 bits per heavy atom. The van der Waals surface area contributed by atoms with E-state index in [2.05, 4.69) is 5.32 Å². The minimum absolute atomic E-state index is 0.235. The molecule has 2 rings (SSSR count). The molecule has 5 nitrogen and oxygen atoms in total. The van der Waals surface area contributed by atoms with E-state index in [1.807, 2.05) is 20.8 Å². The van der Waals surface area contributed by atoms with Gasteiger partial charge in [0.25, 0.3) is 5.91 Å². The molecule has 0 aliphatic rings. The zero-order valence-electron chi connectivity index (χ0n) is 16.7. The molecule has 0 heterocycles. The third kappa shape index (κ3) is 5.49. The first kappa shape index (κ1) is 22.2. The largest absolute Gasteiger partial charge is 0.481 e. The highest BCUT2D eigenvalue weighted by Gasteiger charge is 2.20. The van der Waals surface area contributed by atoms with Crippen LogP contribution in [-0.4, -0.2) is 26.7 Å². The highest BCUT2D eigenvalue weighted by Crippen LogP contribution is 2.26. The highest BCUT2D eigenvalue weighted by atomic mass is 35.5. The molecule has 0 saturated heterocycles. The second kappa shape index (κ2) is 8.97. The lowest BCUT2D eigenvalue weighted by molar-refractivity contribution is -0.128. The van der Waals surface area contributed by atoms with E-state index in [1.54, 1.807) is 43.3 Å². The zero-order valence-corrected chi connectivity index (χ0v) is 18.3. The van der Waals surface area contributed by atoms with Crippen molar-refractivity contribution in [3.63, 3.8) is 0 Å². The van der Waals surface area contributed by atoms with Gasteiger partial charge in [0.2, 0.25) is 0 Å². The van der Waals surface area contributed by atoms with Crippen molar-refractivity contribution in [2.24, 2.45) is 0 Å². The quantitative estimate of drug-likeness (QED) is 0.716. The summed E-state index contributed by atoms with van der Waals surface area (Å²) >= 11 is 6.17. The van der Waals surface area contributed by atoms with Crippen molar-refractivity contribution in [1.29, 1.82) is 0 Å². The lowest BCUT2D eigenvalue weighted by Gasteiger charge is -2.21. The van der Waals surface area contributed by atoms with Gasteiger partial charge in [-0.15, -0.1) is 0 Å². The molecule has 7 heteroatoms. The average molecular weight is 424 g/mol. The van der Waals surface area contributed by atoms with E-state index in [1.165, 1.54) is 6.26 Å². The summed E-state index contributed by atoms with van der Waals surface area (Å²) in [5, 5.41) is 3.65. The van der Waals surface area contributed by atoms with Crippen LogP contribution in [-0.2, 0) is 14.6 Å². The molecular weight excluding hydrogens is 398 g/mol. The van der Waals surface area contributed by atoms with E-state index in [0.717, 1.165) is 16.7 Å². The maximum Gasteiger partial charge on any atom is 0.261 e. The van der Waals surface area contributed by atoms with Gasteiger partial charge in [-0.1, -0.05) is 30.7 Å². The van der Waals surface area contributed by atoms with Crippen molar-refractivity contribution in [2.75, 3.05) is 6.26 Å². The Hall–Kier alpha value is -2.05. The molecule has 2 atom stereocenters.